The van der Waals surface area contributed by atoms with Gasteiger partial charge in [0.05, 0.1) is 18.2 Å². The Labute approximate surface area is 141 Å². The number of fused-ring (bicyclic) bond motifs is 1. The minimum atomic E-state index is -0.157. The zero-order chi connectivity index (χ0) is 16.9. The molecule has 1 amide bonds. The van der Waals surface area contributed by atoms with Crippen LogP contribution in [0.2, 0.25) is 0 Å². The summed E-state index contributed by atoms with van der Waals surface area (Å²) in [5.41, 5.74) is 3.04. The molecular formula is C19H23N3O2. The average Bonchev–Trinajstić information content (AvgIpc) is 3.04. The Morgan fingerprint density at radius 1 is 1.29 bits per heavy atom. The highest BCUT2D eigenvalue weighted by molar-refractivity contribution is 5.83. The standard InChI is InChI=1S/C19H23N3O2/c1-2-16(14-7-4-3-5-8-14)19(24)20-11-12-22-18(23)13-15-9-6-10-17(15)21-22/h3-5,7-8,13,16H,2,6,9-12H2,1H3,(H,20,24). The Kier molecular flexibility index (Phi) is 5.08. The first kappa shape index (κ1) is 16.4. The minimum Gasteiger partial charge on any atom is -0.354 e. The van der Waals surface area contributed by atoms with Gasteiger partial charge in [-0.15, -0.1) is 0 Å². The number of rotatable bonds is 6. The van der Waals surface area contributed by atoms with Crippen LogP contribution in [0.25, 0.3) is 0 Å². The Bertz CT molecular complexity index is 768. The van der Waals surface area contributed by atoms with Crippen molar-refractivity contribution < 1.29 is 4.79 Å². The molecule has 5 heteroatoms. The molecule has 1 atom stereocenters. The predicted molar refractivity (Wildman–Crippen MR) is 93.0 cm³/mol. The Morgan fingerprint density at radius 3 is 2.83 bits per heavy atom. The van der Waals surface area contributed by atoms with Crippen molar-refractivity contribution in [3.8, 4) is 0 Å². The molecule has 1 aromatic carbocycles. The van der Waals surface area contributed by atoms with Crippen LogP contribution in [-0.2, 0) is 24.2 Å². The molecular weight excluding hydrogens is 302 g/mol. The lowest BCUT2D eigenvalue weighted by molar-refractivity contribution is -0.122. The molecule has 1 heterocycles. The zero-order valence-corrected chi connectivity index (χ0v) is 14.0. The maximum absolute atomic E-state index is 12.4. The maximum atomic E-state index is 12.4. The molecule has 1 N–H and O–H groups in total. The number of nitrogens with one attached hydrogen (secondary N) is 1. The molecule has 126 valence electrons. The second-order valence-corrected chi connectivity index (χ2v) is 6.19. The molecule has 0 aliphatic heterocycles. The van der Waals surface area contributed by atoms with Gasteiger partial charge in [0.1, 0.15) is 0 Å². The molecule has 0 fully saturated rings. The molecule has 1 aliphatic rings. The van der Waals surface area contributed by atoms with Crippen LogP contribution >= 0.6 is 0 Å². The van der Waals surface area contributed by atoms with Gasteiger partial charge in [-0.05, 0) is 36.8 Å². The number of aryl methyl sites for hydroxylation is 2. The van der Waals surface area contributed by atoms with Gasteiger partial charge in [-0.25, -0.2) is 4.68 Å². The van der Waals surface area contributed by atoms with Crippen LogP contribution < -0.4 is 10.9 Å². The van der Waals surface area contributed by atoms with Gasteiger partial charge in [0.25, 0.3) is 5.56 Å². The summed E-state index contributed by atoms with van der Waals surface area (Å²) in [7, 11) is 0. The lowest BCUT2D eigenvalue weighted by Crippen LogP contribution is -2.35. The fraction of sp³-hybridized carbons (Fsp3) is 0.421. The topological polar surface area (TPSA) is 64.0 Å². The molecule has 0 saturated carbocycles. The van der Waals surface area contributed by atoms with Gasteiger partial charge in [0, 0.05) is 12.6 Å². The molecule has 0 radical (unpaired) electrons. The lowest BCUT2D eigenvalue weighted by atomic mass is 9.96. The number of benzene rings is 1. The second-order valence-electron chi connectivity index (χ2n) is 6.19. The van der Waals surface area contributed by atoms with E-state index in [-0.39, 0.29) is 17.4 Å². The smallest absolute Gasteiger partial charge is 0.267 e. The van der Waals surface area contributed by atoms with E-state index in [4.69, 9.17) is 0 Å². The van der Waals surface area contributed by atoms with E-state index in [1.165, 1.54) is 4.68 Å². The van der Waals surface area contributed by atoms with E-state index in [9.17, 15) is 9.59 Å². The summed E-state index contributed by atoms with van der Waals surface area (Å²) in [4.78, 5) is 24.5. The highest BCUT2D eigenvalue weighted by Crippen LogP contribution is 2.19. The van der Waals surface area contributed by atoms with E-state index >= 15 is 0 Å². The molecule has 1 aromatic heterocycles. The van der Waals surface area contributed by atoms with Crippen LogP contribution in [0.3, 0.4) is 0 Å². The first-order valence-corrected chi connectivity index (χ1v) is 8.61. The van der Waals surface area contributed by atoms with Crippen molar-refractivity contribution in [2.75, 3.05) is 6.54 Å². The SMILES string of the molecule is CCC(C(=O)NCCn1nc2c(cc1=O)CCC2)c1ccccc1. The van der Waals surface area contributed by atoms with E-state index < -0.39 is 0 Å². The summed E-state index contributed by atoms with van der Waals surface area (Å²) in [6, 6.07) is 11.5. The molecule has 2 aromatic rings. The van der Waals surface area contributed by atoms with E-state index in [0.717, 1.165) is 42.5 Å². The van der Waals surface area contributed by atoms with Crippen molar-refractivity contribution in [2.24, 2.45) is 0 Å². The van der Waals surface area contributed by atoms with Crippen molar-refractivity contribution in [2.45, 2.75) is 45.1 Å². The van der Waals surface area contributed by atoms with Crippen LogP contribution in [0.15, 0.2) is 41.2 Å². The minimum absolute atomic E-state index is 0.00194. The number of nitrogens with zero attached hydrogens (tertiary/aromatic N) is 2. The van der Waals surface area contributed by atoms with Crippen LogP contribution in [0, 0.1) is 0 Å². The predicted octanol–water partition coefficient (Wildman–Crippen LogP) is 2.04. The lowest BCUT2D eigenvalue weighted by Gasteiger charge is -2.15. The third kappa shape index (κ3) is 3.55. The van der Waals surface area contributed by atoms with Crippen molar-refractivity contribution in [3.63, 3.8) is 0 Å². The monoisotopic (exact) mass is 325 g/mol. The van der Waals surface area contributed by atoms with Crippen molar-refractivity contribution in [1.29, 1.82) is 0 Å². The van der Waals surface area contributed by atoms with Gasteiger partial charge < -0.3 is 5.32 Å². The van der Waals surface area contributed by atoms with Gasteiger partial charge in [0.2, 0.25) is 5.91 Å². The number of carbonyl (C=O) groups excluding carboxylic acids is 1. The van der Waals surface area contributed by atoms with Gasteiger partial charge in [0.15, 0.2) is 0 Å². The van der Waals surface area contributed by atoms with Gasteiger partial charge in [-0.1, -0.05) is 37.3 Å². The highest BCUT2D eigenvalue weighted by atomic mass is 16.2. The van der Waals surface area contributed by atoms with E-state index in [2.05, 4.69) is 10.4 Å². The van der Waals surface area contributed by atoms with Crippen molar-refractivity contribution in [3.05, 3.63) is 63.6 Å². The fourth-order valence-corrected chi connectivity index (χ4v) is 3.27. The Morgan fingerprint density at radius 2 is 2.08 bits per heavy atom. The van der Waals surface area contributed by atoms with Gasteiger partial charge in [-0.2, -0.15) is 5.10 Å². The molecule has 1 aliphatic carbocycles. The number of carbonyl (C=O) groups is 1. The highest BCUT2D eigenvalue weighted by Gasteiger charge is 2.18. The fourth-order valence-electron chi connectivity index (χ4n) is 3.27. The number of aromatic nitrogens is 2. The van der Waals surface area contributed by atoms with Crippen molar-refractivity contribution >= 4 is 5.91 Å². The Hall–Kier alpha value is -2.43. The van der Waals surface area contributed by atoms with Crippen LogP contribution in [0.1, 0.15) is 42.5 Å². The van der Waals surface area contributed by atoms with Gasteiger partial charge >= 0.3 is 0 Å². The molecule has 3 rings (SSSR count). The second kappa shape index (κ2) is 7.43. The largest absolute Gasteiger partial charge is 0.354 e. The molecule has 0 bridgehead atoms. The van der Waals surface area contributed by atoms with Gasteiger partial charge in [-0.3, -0.25) is 9.59 Å². The molecule has 0 spiro atoms. The molecule has 0 saturated heterocycles. The molecule has 1 unspecified atom stereocenters. The summed E-state index contributed by atoms with van der Waals surface area (Å²) in [6.07, 6.45) is 3.70. The average molecular weight is 325 g/mol. The summed E-state index contributed by atoms with van der Waals surface area (Å²) in [6.45, 7) is 2.82. The van der Waals surface area contributed by atoms with Crippen LogP contribution in [0.4, 0.5) is 0 Å². The first-order chi connectivity index (χ1) is 11.7. The third-order valence-corrected chi connectivity index (χ3v) is 4.57. The summed E-state index contributed by atoms with van der Waals surface area (Å²) < 4.78 is 1.47. The number of hydrogen-bond acceptors (Lipinski definition) is 3. The molecule has 24 heavy (non-hydrogen) atoms. The summed E-state index contributed by atoms with van der Waals surface area (Å²) in [5, 5.41) is 7.36. The zero-order valence-electron chi connectivity index (χ0n) is 14.0. The van der Waals surface area contributed by atoms with E-state index in [1.807, 2.05) is 37.3 Å². The van der Waals surface area contributed by atoms with Crippen LogP contribution in [-0.4, -0.2) is 22.2 Å². The van der Waals surface area contributed by atoms with E-state index in [1.54, 1.807) is 6.07 Å². The molecule has 5 nitrogen and oxygen atoms in total. The summed E-state index contributed by atoms with van der Waals surface area (Å²) >= 11 is 0. The summed E-state index contributed by atoms with van der Waals surface area (Å²) in [5.74, 6) is -0.159. The normalized spacial score (nSPS) is 14.2. The third-order valence-electron chi connectivity index (χ3n) is 4.57. The maximum Gasteiger partial charge on any atom is 0.267 e. The van der Waals surface area contributed by atoms with Crippen LogP contribution in [0.5, 0.6) is 0 Å². The quantitative estimate of drug-likeness (QED) is 0.884. The van der Waals surface area contributed by atoms with E-state index in [0.29, 0.717) is 13.1 Å². The first-order valence-electron chi connectivity index (χ1n) is 8.61. The number of hydrogen-bond donors (Lipinski definition) is 1. The Balaban J connectivity index is 1.60. The van der Waals surface area contributed by atoms with Crippen molar-refractivity contribution in [1.82, 2.24) is 15.1 Å². The number of amides is 1.